The Bertz CT molecular complexity index is 319. The molecule has 0 aromatic rings. The Labute approximate surface area is 95.9 Å². The molecule has 4 heteroatoms. The minimum Gasteiger partial charge on any atom is -0.443 e. The third-order valence-corrected chi connectivity index (χ3v) is 3.21. The maximum absolute atomic E-state index is 11.8. The van der Waals surface area contributed by atoms with E-state index in [1.54, 1.807) is 0 Å². The summed E-state index contributed by atoms with van der Waals surface area (Å²) >= 11 is 0. The maximum atomic E-state index is 11.8. The van der Waals surface area contributed by atoms with Crippen molar-refractivity contribution in [3.8, 4) is 0 Å². The Hall–Kier alpha value is -1.06. The highest BCUT2D eigenvalue weighted by Crippen LogP contribution is 2.39. The predicted octanol–water partition coefficient (Wildman–Crippen LogP) is 2.32. The smallest absolute Gasteiger partial charge is 0.417 e. The molecule has 2 rings (SSSR count). The van der Waals surface area contributed by atoms with Crippen LogP contribution in [-0.4, -0.2) is 28.5 Å². The summed E-state index contributed by atoms with van der Waals surface area (Å²) in [6, 6.07) is 0.107. The predicted molar refractivity (Wildman–Crippen MR) is 58.8 cm³/mol. The lowest BCUT2D eigenvalue weighted by atomic mass is 9.76. The first-order valence-corrected chi connectivity index (χ1v) is 5.96. The summed E-state index contributed by atoms with van der Waals surface area (Å²) in [6.07, 6.45) is 3.61. The lowest BCUT2D eigenvalue weighted by Crippen LogP contribution is -2.64. The monoisotopic (exact) mass is 225 g/mol. The fourth-order valence-electron chi connectivity index (χ4n) is 2.50. The average molecular weight is 225 g/mol. The molecular formula is C12H19NO3. The van der Waals surface area contributed by atoms with E-state index in [2.05, 4.69) is 0 Å². The van der Waals surface area contributed by atoms with Crippen molar-refractivity contribution < 1.29 is 14.3 Å². The molecule has 1 aliphatic heterocycles. The Morgan fingerprint density at radius 3 is 2.56 bits per heavy atom. The quantitative estimate of drug-likeness (QED) is 0.594. The summed E-state index contributed by atoms with van der Waals surface area (Å²) in [5, 5.41) is 0. The van der Waals surface area contributed by atoms with Crippen LogP contribution in [0.5, 0.6) is 0 Å². The molecule has 2 amide bonds. The van der Waals surface area contributed by atoms with Gasteiger partial charge in [-0.3, -0.25) is 4.79 Å². The summed E-state index contributed by atoms with van der Waals surface area (Å²) < 4.78 is 5.23. The number of ether oxygens (including phenoxy) is 1. The van der Waals surface area contributed by atoms with Crippen molar-refractivity contribution in [3.63, 3.8) is 0 Å². The van der Waals surface area contributed by atoms with Crippen molar-refractivity contribution in [1.82, 2.24) is 4.90 Å². The SMILES string of the molecule is CC(C)(C)OC(=O)N1C(=O)[C@H]2CCCC[C@@H]21. The highest BCUT2D eigenvalue weighted by atomic mass is 16.6. The molecule has 4 nitrogen and oxygen atoms in total. The van der Waals surface area contributed by atoms with Crippen LogP contribution in [0.2, 0.25) is 0 Å². The molecule has 0 bridgehead atoms. The van der Waals surface area contributed by atoms with Crippen LogP contribution in [0, 0.1) is 5.92 Å². The van der Waals surface area contributed by atoms with Crippen LogP contribution in [0.3, 0.4) is 0 Å². The first kappa shape index (κ1) is 11.4. The summed E-state index contributed by atoms with van der Waals surface area (Å²) in [5.41, 5.74) is -0.531. The molecule has 0 aromatic carbocycles. The molecule has 2 aliphatic rings. The van der Waals surface area contributed by atoms with E-state index in [1.165, 1.54) is 4.90 Å². The summed E-state index contributed by atoms with van der Waals surface area (Å²) in [5.74, 6) is 0.0419. The van der Waals surface area contributed by atoms with Crippen molar-refractivity contribution in [2.45, 2.75) is 58.1 Å². The molecule has 1 heterocycles. The molecule has 1 saturated heterocycles. The Kier molecular flexibility index (Phi) is 2.68. The van der Waals surface area contributed by atoms with Crippen LogP contribution in [0.25, 0.3) is 0 Å². The number of likely N-dealkylation sites (tertiary alicyclic amines) is 1. The summed E-state index contributed by atoms with van der Waals surface area (Å²) in [4.78, 5) is 24.9. The zero-order chi connectivity index (χ0) is 11.9. The van der Waals surface area contributed by atoms with Crippen LogP contribution in [0.1, 0.15) is 46.5 Å². The van der Waals surface area contributed by atoms with E-state index in [0.29, 0.717) is 0 Å². The van der Waals surface area contributed by atoms with Gasteiger partial charge in [-0.1, -0.05) is 12.8 Å². The van der Waals surface area contributed by atoms with Gasteiger partial charge >= 0.3 is 6.09 Å². The second-order valence-corrected chi connectivity index (χ2v) is 5.65. The first-order chi connectivity index (χ1) is 7.40. The van der Waals surface area contributed by atoms with E-state index in [0.717, 1.165) is 25.7 Å². The van der Waals surface area contributed by atoms with Crippen LogP contribution in [0.4, 0.5) is 4.79 Å². The summed E-state index contributed by atoms with van der Waals surface area (Å²) in [6.45, 7) is 5.44. The molecule has 2 atom stereocenters. The van der Waals surface area contributed by atoms with Gasteiger partial charge in [-0.15, -0.1) is 0 Å². The van der Waals surface area contributed by atoms with Gasteiger partial charge in [0.2, 0.25) is 5.91 Å². The van der Waals surface area contributed by atoms with Gasteiger partial charge in [0.1, 0.15) is 5.60 Å². The van der Waals surface area contributed by atoms with Crippen molar-refractivity contribution in [2.24, 2.45) is 5.92 Å². The zero-order valence-electron chi connectivity index (χ0n) is 10.2. The third-order valence-electron chi connectivity index (χ3n) is 3.21. The molecule has 0 spiro atoms. The highest BCUT2D eigenvalue weighted by Gasteiger charge is 2.52. The van der Waals surface area contributed by atoms with Gasteiger partial charge in [0.25, 0.3) is 0 Å². The molecule has 16 heavy (non-hydrogen) atoms. The first-order valence-electron chi connectivity index (χ1n) is 5.96. The van der Waals surface area contributed by atoms with Crippen LogP contribution in [-0.2, 0) is 9.53 Å². The van der Waals surface area contributed by atoms with Crippen molar-refractivity contribution in [3.05, 3.63) is 0 Å². The third kappa shape index (κ3) is 1.93. The Morgan fingerprint density at radius 1 is 1.31 bits per heavy atom. The molecule has 1 aliphatic carbocycles. The number of carbonyl (C=O) groups is 2. The number of hydrogen-bond acceptors (Lipinski definition) is 3. The fraction of sp³-hybridized carbons (Fsp3) is 0.833. The Morgan fingerprint density at radius 2 is 1.94 bits per heavy atom. The van der Waals surface area contributed by atoms with Crippen molar-refractivity contribution >= 4 is 12.0 Å². The number of fused-ring (bicyclic) bond motifs is 1. The topological polar surface area (TPSA) is 46.6 Å². The summed E-state index contributed by atoms with van der Waals surface area (Å²) in [7, 11) is 0. The minimum absolute atomic E-state index is 0.0426. The van der Waals surface area contributed by atoms with E-state index < -0.39 is 11.7 Å². The molecule has 0 aromatic heterocycles. The molecule has 0 unspecified atom stereocenters. The maximum Gasteiger partial charge on any atom is 0.417 e. The number of β-lactam (4-membered cyclic amide) rings is 1. The fourth-order valence-corrected chi connectivity index (χ4v) is 2.50. The van der Waals surface area contributed by atoms with Crippen molar-refractivity contribution in [1.29, 1.82) is 0 Å². The molecular weight excluding hydrogens is 206 g/mol. The molecule has 1 saturated carbocycles. The molecule has 0 N–H and O–H groups in total. The van der Waals surface area contributed by atoms with E-state index in [-0.39, 0.29) is 17.9 Å². The van der Waals surface area contributed by atoms with E-state index in [4.69, 9.17) is 4.74 Å². The Balaban J connectivity index is 2.00. The average Bonchev–Trinajstić information content (AvgIpc) is 2.14. The van der Waals surface area contributed by atoms with E-state index >= 15 is 0 Å². The van der Waals surface area contributed by atoms with Crippen LogP contribution >= 0.6 is 0 Å². The van der Waals surface area contributed by atoms with E-state index in [9.17, 15) is 9.59 Å². The van der Waals surface area contributed by atoms with Gasteiger partial charge in [0, 0.05) is 0 Å². The number of rotatable bonds is 0. The normalized spacial score (nSPS) is 29.4. The number of nitrogens with zero attached hydrogens (tertiary/aromatic N) is 1. The standard InChI is InChI=1S/C12H19NO3/c1-12(2,3)16-11(15)13-9-7-5-4-6-8(9)10(13)14/h8-9H,4-7H2,1-3H3/t8-,9-/m0/s1. The number of hydrogen-bond donors (Lipinski definition) is 0. The van der Waals surface area contributed by atoms with Gasteiger partial charge in [0.05, 0.1) is 12.0 Å². The molecule has 2 fully saturated rings. The van der Waals surface area contributed by atoms with Gasteiger partial charge in [-0.2, -0.15) is 0 Å². The van der Waals surface area contributed by atoms with Crippen LogP contribution < -0.4 is 0 Å². The number of amides is 2. The molecule has 0 radical (unpaired) electrons. The van der Waals surface area contributed by atoms with Crippen LogP contribution in [0.15, 0.2) is 0 Å². The lowest BCUT2D eigenvalue weighted by Gasteiger charge is -2.48. The number of imide groups is 1. The number of carbonyl (C=O) groups excluding carboxylic acids is 2. The second kappa shape index (κ2) is 3.75. The minimum atomic E-state index is -0.531. The second-order valence-electron chi connectivity index (χ2n) is 5.65. The van der Waals surface area contributed by atoms with Gasteiger partial charge in [0.15, 0.2) is 0 Å². The van der Waals surface area contributed by atoms with E-state index in [1.807, 2.05) is 20.8 Å². The van der Waals surface area contributed by atoms with Gasteiger partial charge < -0.3 is 4.74 Å². The van der Waals surface area contributed by atoms with Gasteiger partial charge in [-0.05, 0) is 33.6 Å². The largest absolute Gasteiger partial charge is 0.443 e. The molecule has 90 valence electrons. The van der Waals surface area contributed by atoms with Crippen molar-refractivity contribution in [2.75, 3.05) is 0 Å². The lowest BCUT2D eigenvalue weighted by molar-refractivity contribution is -0.156. The highest BCUT2D eigenvalue weighted by molar-refractivity contribution is 5.99. The zero-order valence-corrected chi connectivity index (χ0v) is 10.2. The van der Waals surface area contributed by atoms with Gasteiger partial charge in [-0.25, -0.2) is 9.69 Å².